The fourth-order valence-corrected chi connectivity index (χ4v) is 1.63. The number of amides is 1. The summed E-state index contributed by atoms with van der Waals surface area (Å²) in [6.07, 6.45) is 1.59. The van der Waals surface area contributed by atoms with Crippen molar-refractivity contribution in [1.82, 2.24) is 0 Å². The first-order valence-corrected chi connectivity index (χ1v) is 5.42. The molecule has 1 aliphatic rings. The van der Waals surface area contributed by atoms with Crippen LogP contribution in [0.3, 0.4) is 0 Å². The van der Waals surface area contributed by atoms with Crippen molar-refractivity contribution in [3.05, 3.63) is 29.0 Å². The molecule has 1 aromatic rings. The van der Waals surface area contributed by atoms with Gasteiger partial charge in [-0.3, -0.25) is 4.79 Å². The number of carbonyl (C=O) groups is 1. The van der Waals surface area contributed by atoms with E-state index in [1.165, 1.54) is 12.1 Å². The number of nitrogens with two attached hydrogens (primary N) is 1. The van der Waals surface area contributed by atoms with Crippen LogP contribution in [0.1, 0.15) is 12.8 Å². The lowest BCUT2D eigenvalue weighted by Gasteiger charge is -2.12. The largest absolute Gasteiger partial charge is 0.329 e. The summed E-state index contributed by atoms with van der Waals surface area (Å²) in [5.74, 6) is -0.686. The van der Waals surface area contributed by atoms with Crippen molar-refractivity contribution < 1.29 is 9.18 Å². The first-order chi connectivity index (χ1) is 7.57. The normalized spacial score (nSPS) is 16.9. The molecule has 16 heavy (non-hydrogen) atoms. The molecule has 0 saturated heterocycles. The fraction of sp³-hybridized carbons (Fsp3) is 0.364. The Kier molecular flexibility index (Phi) is 2.86. The van der Waals surface area contributed by atoms with E-state index in [0.29, 0.717) is 12.2 Å². The van der Waals surface area contributed by atoms with Gasteiger partial charge in [-0.05, 0) is 31.0 Å². The molecule has 0 atom stereocenters. The molecule has 0 heterocycles. The number of carbonyl (C=O) groups excluding carboxylic acids is 1. The van der Waals surface area contributed by atoms with E-state index in [-0.39, 0.29) is 10.9 Å². The molecule has 0 aliphatic heterocycles. The molecule has 1 amide bonds. The van der Waals surface area contributed by atoms with E-state index in [2.05, 4.69) is 5.32 Å². The van der Waals surface area contributed by atoms with Crippen LogP contribution in [-0.4, -0.2) is 12.5 Å². The van der Waals surface area contributed by atoms with Crippen molar-refractivity contribution >= 4 is 23.2 Å². The van der Waals surface area contributed by atoms with Gasteiger partial charge in [0.05, 0.1) is 10.4 Å². The Morgan fingerprint density at radius 1 is 1.56 bits per heavy atom. The van der Waals surface area contributed by atoms with E-state index in [1.54, 1.807) is 6.07 Å². The molecule has 3 nitrogen and oxygen atoms in total. The van der Waals surface area contributed by atoms with Crippen LogP contribution in [0.15, 0.2) is 18.2 Å². The average molecular weight is 243 g/mol. The zero-order chi connectivity index (χ0) is 11.8. The first kappa shape index (κ1) is 11.4. The number of halogens is 2. The molecule has 1 aliphatic carbocycles. The van der Waals surface area contributed by atoms with Crippen LogP contribution in [0.2, 0.25) is 5.02 Å². The second kappa shape index (κ2) is 4.03. The van der Waals surface area contributed by atoms with E-state index in [1.807, 2.05) is 0 Å². The Morgan fingerprint density at radius 2 is 2.25 bits per heavy atom. The van der Waals surface area contributed by atoms with Crippen LogP contribution in [0.4, 0.5) is 10.1 Å². The van der Waals surface area contributed by atoms with Gasteiger partial charge in [0.25, 0.3) is 0 Å². The Labute approximate surface area is 97.8 Å². The maximum Gasteiger partial charge on any atom is 0.231 e. The Morgan fingerprint density at radius 3 is 2.75 bits per heavy atom. The highest BCUT2D eigenvalue weighted by atomic mass is 35.5. The van der Waals surface area contributed by atoms with Gasteiger partial charge in [-0.2, -0.15) is 0 Å². The lowest BCUT2D eigenvalue weighted by Crippen LogP contribution is -2.30. The highest BCUT2D eigenvalue weighted by Crippen LogP contribution is 2.45. The van der Waals surface area contributed by atoms with Crippen LogP contribution < -0.4 is 11.1 Å². The molecular formula is C11H12ClFN2O. The van der Waals surface area contributed by atoms with Gasteiger partial charge in [0.1, 0.15) is 5.82 Å². The van der Waals surface area contributed by atoms with E-state index in [9.17, 15) is 9.18 Å². The highest BCUT2D eigenvalue weighted by molar-refractivity contribution is 6.30. The third-order valence-corrected chi connectivity index (χ3v) is 3.21. The van der Waals surface area contributed by atoms with Crippen molar-refractivity contribution in [3.63, 3.8) is 0 Å². The molecule has 0 unspecified atom stereocenters. The summed E-state index contributed by atoms with van der Waals surface area (Å²) in [4.78, 5) is 11.8. The van der Waals surface area contributed by atoms with Crippen molar-refractivity contribution in [3.8, 4) is 0 Å². The third-order valence-electron chi connectivity index (χ3n) is 2.90. The Bertz CT molecular complexity index is 432. The van der Waals surface area contributed by atoms with Crippen LogP contribution in [0.25, 0.3) is 0 Å². The molecule has 2 rings (SSSR count). The SMILES string of the molecule is NCC1(C(=O)Nc2ccc(Cl)c(F)c2)CC1. The lowest BCUT2D eigenvalue weighted by atomic mass is 10.1. The summed E-state index contributed by atoms with van der Waals surface area (Å²) in [6, 6.07) is 4.18. The highest BCUT2D eigenvalue weighted by Gasteiger charge is 2.48. The van der Waals surface area contributed by atoms with E-state index in [4.69, 9.17) is 17.3 Å². The van der Waals surface area contributed by atoms with Crippen molar-refractivity contribution in [2.24, 2.45) is 11.1 Å². The molecular weight excluding hydrogens is 231 g/mol. The summed E-state index contributed by atoms with van der Waals surface area (Å²) in [7, 11) is 0. The second-order valence-electron chi connectivity index (χ2n) is 4.07. The van der Waals surface area contributed by atoms with Gasteiger partial charge in [0.2, 0.25) is 5.91 Å². The van der Waals surface area contributed by atoms with E-state index < -0.39 is 11.2 Å². The number of anilines is 1. The number of hydrogen-bond donors (Lipinski definition) is 2. The summed E-state index contributed by atoms with van der Waals surface area (Å²) in [6.45, 7) is 0.328. The minimum absolute atomic E-state index is 0.0398. The summed E-state index contributed by atoms with van der Waals surface area (Å²) >= 11 is 5.54. The van der Waals surface area contributed by atoms with Gasteiger partial charge >= 0.3 is 0 Å². The monoisotopic (exact) mass is 242 g/mol. The maximum atomic E-state index is 13.1. The second-order valence-corrected chi connectivity index (χ2v) is 4.47. The van der Waals surface area contributed by atoms with E-state index >= 15 is 0 Å². The van der Waals surface area contributed by atoms with Crippen LogP contribution in [0, 0.1) is 11.2 Å². The summed E-state index contributed by atoms with van der Waals surface area (Å²) < 4.78 is 13.1. The molecule has 1 saturated carbocycles. The minimum Gasteiger partial charge on any atom is -0.329 e. The van der Waals surface area contributed by atoms with Gasteiger partial charge < -0.3 is 11.1 Å². The number of rotatable bonds is 3. The average Bonchev–Trinajstić information content (AvgIpc) is 3.04. The molecule has 0 aromatic heterocycles. The van der Waals surface area contributed by atoms with E-state index in [0.717, 1.165) is 12.8 Å². The molecule has 86 valence electrons. The van der Waals surface area contributed by atoms with Gasteiger partial charge in [0.15, 0.2) is 0 Å². The summed E-state index contributed by atoms with van der Waals surface area (Å²) in [5.41, 5.74) is 5.50. The maximum absolute atomic E-state index is 13.1. The van der Waals surface area contributed by atoms with Gasteiger partial charge in [-0.25, -0.2) is 4.39 Å². The van der Waals surface area contributed by atoms with Crippen molar-refractivity contribution in [2.75, 3.05) is 11.9 Å². The molecule has 1 fully saturated rings. The molecule has 3 N–H and O–H groups in total. The quantitative estimate of drug-likeness (QED) is 0.853. The van der Waals surface area contributed by atoms with Crippen molar-refractivity contribution in [1.29, 1.82) is 0 Å². The minimum atomic E-state index is -0.544. The Hall–Kier alpha value is -1.13. The number of benzene rings is 1. The predicted molar refractivity (Wildman–Crippen MR) is 60.8 cm³/mol. The predicted octanol–water partition coefficient (Wildman–Crippen LogP) is 2.16. The lowest BCUT2D eigenvalue weighted by molar-refractivity contribution is -0.120. The molecule has 0 bridgehead atoms. The smallest absolute Gasteiger partial charge is 0.231 e. The van der Waals surface area contributed by atoms with Crippen molar-refractivity contribution in [2.45, 2.75) is 12.8 Å². The number of hydrogen-bond acceptors (Lipinski definition) is 2. The molecule has 0 spiro atoms. The summed E-state index contributed by atoms with van der Waals surface area (Å²) in [5, 5.41) is 2.69. The first-order valence-electron chi connectivity index (χ1n) is 5.04. The zero-order valence-corrected chi connectivity index (χ0v) is 9.35. The van der Waals surface area contributed by atoms with Gasteiger partial charge in [-0.15, -0.1) is 0 Å². The molecule has 0 radical (unpaired) electrons. The third kappa shape index (κ3) is 2.03. The van der Waals surface area contributed by atoms with Crippen LogP contribution >= 0.6 is 11.6 Å². The topological polar surface area (TPSA) is 55.1 Å². The van der Waals surface area contributed by atoms with Crippen LogP contribution in [-0.2, 0) is 4.79 Å². The van der Waals surface area contributed by atoms with Gasteiger partial charge in [-0.1, -0.05) is 11.6 Å². The number of nitrogens with one attached hydrogen (secondary N) is 1. The Balaban J connectivity index is 2.09. The van der Waals surface area contributed by atoms with Crippen LogP contribution in [0.5, 0.6) is 0 Å². The van der Waals surface area contributed by atoms with Gasteiger partial charge in [0, 0.05) is 12.2 Å². The molecule has 5 heteroatoms. The standard InChI is InChI=1S/C11H12ClFN2O/c12-8-2-1-7(5-9(8)13)15-10(16)11(6-14)3-4-11/h1-2,5H,3-4,6,14H2,(H,15,16). The zero-order valence-electron chi connectivity index (χ0n) is 8.59. The molecule has 1 aromatic carbocycles. The fourth-order valence-electron chi connectivity index (χ4n) is 1.51.